The molecule has 0 spiro atoms. The van der Waals surface area contributed by atoms with Gasteiger partial charge in [-0.25, -0.2) is 4.98 Å². The third-order valence-corrected chi connectivity index (χ3v) is 4.85. The Morgan fingerprint density at radius 1 is 1.33 bits per heavy atom. The maximum absolute atomic E-state index is 5.88. The molecule has 2 aliphatic rings. The van der Waals surface area contributed by atoms with Crippen molar-refractivity contribution in [2.45, 2.75) is 44.9 Å². The summed E-state index contributed by atoms with van der Waals surface area (Å²) in [6.45, 7) is 8.77. The summed E-state index contributed by atoms with van der Waals surface area (Å²) in [5, 5.41) is 0. The van der Waals surface area contributed by atoms with Crippen LogP contribution >= 0.6 is 0 Å². The summed E-state index contributed by atoms with van der Waals surface area (Å²) in [4.78, 5) is 9.57. The molecule has 2 fully saturated rings. The second kappa shape index (κ2) is 6.90. The number of imidazole rings is 1. The lowest BCUT2D eigenvalue weighted by atomic mass is 10.1. The zero-order valence-corrected chi connectivity index (χ0v) is 13.4. The van der Waals surface area contributed by atoms with Gasteiger partial charge in [-0.15, -0.1) is 0 Å². The van der Waals surface area contributed by atoms with Crippen molar-refractivity contribution in [2.24, 2.45) is 7.05 Å². The third-order valence-electron chi connectivity index (χ3n) is 4.85. The summed E-state index contributed by atoms with van der Waals surface area (Å²) >= 11 is 0. The van der Waals surface area contributed by atoms with Crippen molar-refractivity contribution in [3.05, 3.63) is 18.2 Å². The molecule has 21 heavy (non-hydrogen) atoms. The molecule has 0 saturated carbocycles. The first-order chi connectivity index (χ1) is 10.2. The van der Waals surface area contributed by atoms with Crippen LogP contribution in [0.25, 0.3) is 0 Å². The van der Waals surface area contributed by atoms with E-state index in [1.165, 1.54) is 19.3 Å². The third kappa shape index (κ3) is 3.84. The van der Waals surface area contributed by atoms with E-state index in [1.807, 2.05) is 12.4 Å². The summed E-state index contributed by atoms with van der Waals surface area (Å²) in [6, 6.07) is 0.582. The molecule has 0 unspecified atom stereocenters. The Bertz CT molecular complexity index is 441. The number of rotatable bonds is 4. The number of nitrogens with zero attached hydrogens (tertiary/aromatic N) is 4. The Morgan fingerprint density at radius 3 is 2.90 bits per heavy atom. The highest BCUT2D eigenvalue weighted by molar-refractivity contribution is 4.93. The normalized spacial score (nSPS) is 28.9. The van der Waals surface area contributed by atoms with Gasteiger partial charge in [-0.1, -0.05) is 0 Å². The maximum Gasteiger partial charge on any atom is 0.122 e. The van der Waals surface area contributed by atoms with Gasteiger partial charge in [-0.2, -0.15) is 0 Å². The van der Waals surface area contributed by atoms with Crippen molar-refractivity contribution in [3.8, 4) is 0 Å². The second-order valence-corrected chi connectivity index (χ2v) is 6.52. The summed E-state index contributed by atoms with van der Waals surface area (Å²) < 4.78 is 8.00. The van der Waals surface area contributed by atoms with Crippen molar-refractivity contribution in [2.75, 3.05) is 32.8 Å². The molecule has 1 aromatic heterocycles. The number of ether oxygens (including phenoxy) is 1. The van der Waals surface area contributed by atoms with Crippen LogP contribution in [0.3, 0.4) is 0 Å². The minimum atomic E-state index is 0.465. The smallest absolute Gasteiger partial charge is 0.122 e. The molecule has 5 heteroatoms. The van der Waals surface area contributed by atoms with Crippen molar-refractivity contribution in [3.63, 3.8) is 0 Å². The summed E-state index contributed by atoms with van der Waals surface area (Å²) in [7, 11) is 2.07. The first kappa shape index (κ1) is 15.0. The highest BCUT2D eigenvalue weighted by Crippen LogP contribution is 2.17. The highest BCUT2D eigenvalue weighted by Gasteiger charge is 2.26. The average Bonchev–Trinajstić information content (AvgIpc) is 2.88. The number of hydrogen-bond donors (Lipinski definition) is 0. The first-order valence-corrected chi connectivity index (χ1v) is 8.26. The van der Waals surface area contributed by atoms with Gasteiger partial charge < -0.3 is 9.30 Å². The minimum Gasteiger partial charge on any atom is -0.377 e. The fraction of sp³-hybridized carbons (Fsp3) is 0.812. The predicted octanol–water partition coefficient (Wildman–Crippen LogP) is 1.50. The highest BCUT2D eigenvalue weighted by atomic mass is 16.5. The van der Waals surface area contributed by atoms with Crippen LogP contribution in [-0.4, -0.2) is 64.3 Å². The standard InChI is InChI=1S/C16H28N4O/c1-14-11-19(12-15-5-3-4-10-21-15)8-9-20(14)13-16-17-6-7-18(16)2/h6-7,14-15H,3-5,8-13H2,1-2H3/t14-,15+/m0/s1. The first-order valence-electron chi connectivity index (χ1n) is 8.26. The van der Waals surface area contributed by atoms with Crippen LogP contribution in [0.4, 0.5) is 0 Å². The van der Waals surface area contributed by atoms with Crippen LogP contribution in [0.5, 0.6) is 0 Å². The molecular formula is C16H28N4O. The molecule has 0 radical (unpaired) electrons. The monoisotopic (exact) mass is 292 g/mol. The van der Waals surface area contributed by atoms with Crippen LogP contribution in [0, 0.1) is 0 Å². The Morgan fingerprint density at radius 2 is 2.24 bits per heavy atom. The zero-order chi connectivity index (χ0) is 14.7. The van der Waals surface area contributed by atoms with Crippen molar-refractivity contribution in [1.82, 2.24) is 19.4 Å². The van der Waals surface area contributed by atoms with Crippen LogP contribution in [0.2, 0.25) is 0 Å². The van der Waals surface area contributed by atoms with E-state index in [2.05, 4.69) is 33.3 Å². The number of hydrogen-bond acceptors (Lipinski definition) is 4. The molecule has 1 aromatic rings. The van der Waals surface area contributed by atoms with Gasteiger partial charge >= 0.3 is 0 Å². The van der Waals surface area contributed by atoms with Gasteiger partial charge in [0.25, 0.3) is 0 Å². The molecule has 0 aliphatic carbocycles. The van der Waals surface area contributed by atoms with E-state index in [0.717, 1.165) is 45.2 Å². The van der Waals surface area contributed by atoms with E-state index < -0.39 is 0 Å². The molecule has 118 valence electrons. The van der Waals surface area contributed by atoms with Gasteiger partial charge in [0.05, 0.1) is 12.6 Å². The van der Waals surface area contributed by atoms with E-state index in [9.17, 15) is 0 Å². The van der Waals surface area contributed by atoms with Crippen molar-refractivity contribution >= 4 is 0 Å². The number of aryl methyl sites for hydroxylation is 1. The molecule has 3 rings (SSSR count). The second-order valence-electron chi connectivity index (χ2n) is 6.52. The Balaban J connectivity index is 1.48. The predicted molar refractivity (Wildman–Crippen MR) is 83.1 cm³/mol. The quantitative estimate of drug-likeness (QED) is 0.842. The largest absolute Gasteiger partial charge is 0.377 e. The van der Waals surface area contributed by atoms with E-state index >= 15 is 0 Å². The SMILES string of the molecule is C[C@H]1CN(C[C@H]2CCCCO2)CCN1Cc1nccn1C. The number of aromatic nitrogens is 2. The van der Waals surface area contributed by atoms with Crippen LogP contribution < -0.4 is 0 Å². The average molecular weight is 292 g/mol. The Hall–Kier alpha value is -0.910. The van der Waals surface area contributed by atoms with Gasteiger partial charge in [0.15, 0.2) is 0 Å². The molecule has 2 atom stereocenters. The van der Waals surface area contributed by atoms with Crippen molar-refractivity contribution < 1.29 is 4.74 Å². The van der Waals surface area contributed by atoms with Crippen molar-refractivity contribution in [1.29, 1.82) is 0 Å². The summed E-state index contributed by atoms with van der Waals surface area (Å²) in [5.41, 5.74) is 0. The maximum atomic E-state index is 5.88. The van der Waals surface area contributed by atoms with Gasteiger partial charge in [-0.3, -0.25) is 9.80 Å². The van der Waals surface area contributed by atoms with Gasteiger partial charge in [-0.05, 0) is 26.2 Å². The molecule has 5 nitrogen and oxygen atoms in total. The molecular weight excluding hydrogens is 264 g/mol. The van der Waals surface area contributed by atoms with Crippen LogP contribution in [0.15, 0.2) is 12.4 Å². The fourth-order valence-electron chi connectivity index (χ4n) is 3.44. The minimum absolute atomic E-state index is 0.465. The van der Waals surface area contributed by atoms with E-state index in [0.29, 0.717) is 12.1 Å². The molecule has 2 aliphatic heterocycles. The van der Waals surface area contributed by atoms with Gasteiger partial charge in [0.1, 0.15) is 5.82 Å². The topological polar surface area (TPSA) is 33.5 Å². The molecule has 0 N–H and O–H groups in total. The number of piperazine rings is 1. The summed E-state index contributed by atoms with van der Waals surface area (Å²) in [6.07, 6.45) is 8.19. The Kier molecular flexibility index (Phi) is 4.93. The molecule has 0 aromatic carbocycles. The van der Waals surface area contributed by atoms with Crippen LogP contribution in [0.1, 0.15) is 32.0 Å². The molecule has 0 bridgehead atoms. The lowest BCUT2D eigenvalue weighted by molar-refractivity contribution is -0.0221. The van der Waals surface area contributed by atoms with E-state index in [4.69, 9.17) is 4.74 Å². The lowest BCUT2D eigenvalue weighted by Gasteiger charge is -2.41. The fourth-order valence-corrected chi connectivity index (χ4v) is 3.44. The Labute approximate surface area is 127 Å². The van der Waals surface area contributed by atoms with Crippen LogP contribution in [-0.2, 0) is 18.3 Å². The lowest BCUT2D eigenvalue weighted by Crippen LogP contribution is -2.53. The van der Waals surface area contributed by atoms with Gasteiger partial charge in [0.2, 0.25) is 0 Å². The van der Waals surface area contributed by atoms with E-state index in [-0.39, 0.29) is 0 Å². The van der Waals surface area contributed by atoms with Gasteiger partial charge in [0, 0.05) is 58.3 Å². The zero-order valence-electron chi connectivity index (χ0n) is 13.4. The molecule has 3 heterocycles. The summed E-state index contributed by atoms with van der Waals surface area (Å²) in [5.74, 6) is 1.16. The molecule has 2 saturated heterocycles. The molecule has 0 amide bonds. The van der Waals surface area contributed by atoms with E-state index in [1.54, 1.807) is 0 Å².